The van der Waals surface area contributed by atoms with Crippen molar-refractivity contribution in [2.75, 3.05) is 0 Å². The second-order valence-corrected chi connectivity index (χ2v) is 16.1. The van der Waals surface area contributed by atoms with Crippen molar-refractivity contribution in [3.05, 3.63) is 84.4 Å². The Morgan fingerprint density at radius 1 is 0.659 bits per heavy atom. The van der Waals surface area contributed by atoms with Crippen molar-refractivity contribution >= 4 is 21.6 Å². The number of nitrogens with zero attached hydrogens (tertiary/aromatic N) is 6. The predicted octanol–water partition coefficient (Wildman–Crippen LogP) is 6.49. The summed E-state index contributed by atoms with van der Waals surface area (Å²) in [5.41, 5.74) is 0.120. The fraction of sp³-hybridized carbons (Fsp3) is 0.529. The highest BCUT2D eigenvalue weighted by molar-refractivity contribution is 8.76. The van der Waals surface area contributed by atoms with Crippen LogP contribution in [0.3, 0.4) is 0 Å². The zero-order valence-corrected chi connectivity index (χ0v) is 27.8. The first-order valence-corrected chi connectivity index (χ1v) is 17.8. The molecule has 2 aliphatic rings. The summed E-state index contributed by atoms with van der Waals surface area (Å²) < 4.78 is 3.68. The van der Waals surface area contributed by atoms with Crippen LogP contribution in [0.4, 0.5) is 0 Å². The molecule has 2 fully saturated rings. The van der Waals surface area contributed by atoms with Crippen molar-refractivity contribution < 1.29 is 10.2 Å². The lowest BCUT2D eigenvalue weighted by molar-refractivity contribution is -0.0924. The number of aliphatic hydroxyl groups is 2. The maximum absolute atomic E-state index is 12.2. The Kier molecular flexibility index (Phi) is 8.73. The first kappa shape index (κ1) is 31.3. The Labute approximate surface area is 268 Å². The molecule has 0 radical (unpaired) electrons. The molecule has 234 valence electrons. The van der Waals surface area contributed by atoms with E-state index < -0.39 is 11.2 Å². The summed E-state index contributed by atoms with van der Waals surface area (Å²) in [5, 5.41) is 35.0. The Hall–Kier alpha value is -2.66. The van der Waals surface area contributed by atoms with Crippen molar-refractivity contribution in [3.63, 3.8) is 0 Å². The average Bonchev–Trinajstić information content (AvgIpc) is 3.74. The Morgan fingerprint density at radius 2 is 1.05 bits per heavy atom. The minimum Gasteiger partial charge on any atom is -0.387 e. The molecule has 2 heterocycles. The van der Waals surface area contributed by atoms with Gasteiger partial charge in [-0.25, -0.2) is 19.3 Å². The molecule has 2 aliphatic carbocycles. The van der Waals surface area contributed by atoms with Gasteiger partial charge in [0.15, 0.2) is 10.3 Å². The zero-order chi connectivity index (χ0) is 31.0. The molecule has 0 spiro atoms. The average molecular weight is 633 g/mol. The van der Waals surface area contributed by atoms with Gasteiger partial charge in [-0.2, -0.15) is 10.2 Å². The highest BCUT2D eigenvalue weighted by Crippen LogP contribution is 2.53. The van der Waals surface area contributed by atoms with Gasteiger partial charge in [-0.3, -0.25) is 0 Å². The van der Waals surface area contributed by atoms with Crippen LogP contribution in [0.5, 0.6) is 0 Å². The molecule has 6 rings (SSSR count). The highest BCUT2D eigenvalue weighted by Gasteiger charge is 2.55. The van der Waals surface area contributed by atoms with Gasteiger partial charge in [-0.05, 0) is 93.9 Å². The van der Waals surface area contributed by atoms with E-state index in [2.05, 4.69) is 96.4 Å². The molecule has 0 amide bonds. The molecule has 0 bridgehead atoms. The number of hydrogen-bond donors (Lipinski definition) is 2. The molecule has 8 nitrogen and oxygen atoms in total. The van der Waals surface area contributed by atoms with E-state index in [1.807, 2.05) is 21.5 Å². The fourth-order valence-corrected chi connectivity index (χ4v) is 9.44. The van der Waals surface area contributed by atoms with Crippen LogP contribution in [-0.2, 0) is 25.9 Å². The van der Waals surface area contributed by atoms with Crippen LogP contribution in [0, 0.1) is 22.7 Å². The van der Waals surface area contributed by atoms with Gasteiger partial charge in [-0.1, -0.05) is 88.4 Å². The van der Waals surface area contributed by atoms with Gasteiger partial charge in [0.05, 0.1) is 24.3 Å². The van der Waals surface area contributed by atoms with Crippen LogP contribution in [0.25, 0.3) is 0 Å². The van der Waals surface area contributed by atoms with E-state index >= 15 is 0 Å². The fourth-order valence-electron chi connectivity index (χ4n) is 7.50. The van der Waals surface area contributed by atoms with Crippen molar-refractivity contribution in [1.82, 2.24) is 29.5 Å². The molecule has 4 unspecified atom stereocenters. The van der Waals surface area contributed by atoms with Crippen LogP contribution >= 0.6 is 21.6 Å². The third kappa shape index (κ3) is 5.98. The lowest BCUT2D eigenvalue weighted by Crippen LogP contribution is -2.49. The Balaban J connectivity index is 1.16. The summed E-state index contributed by atoms with van der Waals surface area (Å²) in [7, 11) is 2.93. The molecule has 4 aromatic rings. The lowest BCUT2D eigenvalue weighted by atomic mass is 9.72. The van der Waals surface area contributed by atoms with Gasteiger partial charge in [-0.15, -0.1) is 0 Å². The standard InChI is InChI=1S/C34H44N6O2S2/c1-31(2)17-15-27(19-25-11-7-5-8-12-25)33(31,41)21-39-29(35-23-37-39)43-44-30-36-24-38-40(30)22-34(42)28(16-18-32(34,3)4)20-26-13-9-6-10-14-26/h5-14,23-24,27-28,41-42H,15-22H2,1-4H3. The van der Waals surface area contributed by atoms with E-state index in [0.29, 0.717) is 23.4 Å². The van der Waals surface area contributed by atoms with E-state index in [1.165, 1.54) is 32.7 Å². The third-order valence-corrected chi connectivity index (χ3v) is 12.9. The molecular weight excluding hydrogens is 589 g/mol. The number of hydrogen-bond acceptors (Lipinski definition) is 8. The quantitative estimate of drug-likeness (QED) is 0.181. The number of rotatable bonds is 11. The highest BCUT2D eigenvalue weighted by atomic mass is 33.1. The number of aromatic nitrogens is 6. The largest absolute Gasteiger partial charge is 0.387 e. The van der Waals surface area contributed by atoms with Crippen LogP contribution in [0.15, 0.2) is 83.6 Å². The molecule has 2 N–H and O–H groups in total. The van der Waals surface area contributed by atoms with E-state index in [9.17, 15) is 10.2 Å². The molecule has 2 saturated carbocycles. The summed E-state index contributed by atoms with van der Waals surface area (Å²) in [4.78, 5) is 9.10. The summed E-state index contributed by atoms with van der Waals surface area (Å²) in [6.07, 6.45) is 8.64. The van der Waals surface area contributed by atoms with Crippen molar-refractivity contribution in [2.24, 2.45) is 22.7 Å². The molecule has 10 heteroatoms. The lowest BCUT2D eigenvalue weighted by Gasteiger charge is -2.41. The summed E-state index contributed by atoms with van der Waals surface area (Å²) in [6.45, 7) is 9.42. The van der Waals surface area contributed by atoms with Crippen LogP contribution < -0.4 is 0 Å². The Morgan fingerprint density at radius 3 is 1.43 bits per heavy atom. The minimum absolute atomic E-state index is 0.122. The normalized spacial score (nSPS) is 27.6. The molecule has 4 atom stereocenters. The monoisotopic (exact) mass is 632 g/mol. The zero-order valence-electron chi connectivity index (χ0n) is 26.1. The number of benzene rings is 2. The molecule has 2 aromatic carbocycles. The smallest absolute Gasteiger partial charge is 0.197 e. The predicted molar refractivity (Wildman–Crippen MR) is 175 cm³/mol. The minimum atomic E-state index is -0.929. The third-order valence-electron chi connectivity index (χ3n) is 10.7. The van der Waals surface area contributed by atoms with Crippen LogP contribution in [0.2, 0.25) is 0 Å². The van der Waals surface area contributed by atoms with Crippen molar-refractivity contribution in [1.29, 1.82) is 0 Å². The van der Waals surface area contributed by atoms with Gasteiger partial charge in [0.1, 0.15) is 12.7 Å². The first-order valence-electron chi connectivity index (χ1n) is 15.6. The summed E-state index contributed by atoms with van der Waals surface area (Å²) in [5.74, 6) is 0.245. The molecule has 44 heavy (non-hydrogen) atoms. The topological polar surface area (TPSA) is 102 Å². The second-order valence-electron chi connectivity index (χ2n) is 14.0. The van der Waals surface area contributed by atoms with E-state index in [4.69, 9.17) is 0 Å². The second kappa shape index (κ2) is 12.3. The molecule has 2 aromatic heterocycles. The van der Waals surface area contributed by atoms with Crippen molar-refractivity contribution in [3.8, 4) is 0 Å². The maximum atomic E-state index is 12.2. The van der Waals surface area contributed by atoms with E-state index in [-0.39, 0.29) is 22.7 Å². The molecular formula is C34H44N6O2S2. The van der Waals surface area contributed by atoms with Gasteiger partial charge in [0.2, 0.25) is 0 Å². The van der Waals surface area contributed by atoms with E-state index in [0.717, 1.165) is 38.5 Å². The summed E-state index contributed by atoms with van der Waals surface area (Å²) >= 11 is 0. The van der Waals surface area contributed by atoms with Crippen molar-refractivity contribution in [2.45, 2.75) is 101 Å². The molecule has 0 saturated heterocycles. The Bertz CT molecular complexity index is 1430. The molecule has 0 aliphatic heterocycles. The van der Waals surface area contributed by atoms with Gasteiger partial charge in [0.25, 0.3) is 0 Å². The van der Waals surface area contributed by atoms with Gasteiger partial charge >= 0.3 is 0 Å². The van der Waals surface area contributed by atoms with Crippen LogP contribution in [0.1, 0.15) is 64.5 Å². The SMILES string of the molecule is CC1(C)CCC(Cc2ccccc2)C1(O)Cn1ncnc1SSc1ncnn1CC1(O)C(Cc2ccccc2)CCC1(C)C. The van der Waals surface area contributed by atoms with Gasteiger partial charge in [0, 0.05) is 0 Å². The maximum Gasteiger partial charge on any atom is 0.197 e. The van der Waals surface area contributed by atoms with E-state index in [1.54, 1.807) is 12.7 Å². The van der Waals surface area contributed by atoms with Crippen LogP contribution in [-0.4, -0.2) is 50.9 Å². The summed E-state index contributed by atoms with van der Waals surface area (Å²) in [6, 6.07) is 20.9. The first-order chi connectivity index (χ1) is 21.0. The van der Waals surface area contributed by atoms with Gasteiger partial charge < -0.3 is 10.2 Å².